The molecule has 1 heterocycles. The molecule has 1 N–H and O–H groups in total. The van der Waals surface area contributed by atoms with E-state index in [4.69, 9.17) is 4.74 Å². The summed E-state index contributed by atoms with van der Waals surface area (Å²) in [5.41, 5.74) is -4.74. The fourth-order valence-corrected chi connectivity index (χ4v) is 2.85. The lowest BCUT2D eigenvalue weighted by molar-refractivity contribution is -0.0436. The number of hydrogen-bond donors (Lipinski definition) is 1. The van der Waals surface area contributed by atoms with Crippen molar-refractivity contribution in [3.8, 4) is 5.88 Å². The molecule has 0 atom stereocenters. The van der Waals surface area contributed by atoms with Crippen molar-refractivity contribution in [1.82, 2.24) is 10.3 Å². The standard InChI is InChI=1S/C17H17F3N2O4S/c1-2-10-26-16-13(4-3-9-21-16)11-22-15(23)12-5-7-14(8-6-12)27(24,25)17(18,19)20/h3-9H,2,10-11H2,1H3,(H,22,23). The maximum atomic E-state index is 12.5. The molecule has 0 bridgehead atoms. The number of ether oxygens (including phenoxy) is 1. The maximum absolute atomic E-state index is 12.5. The predicted molar refractivity (Wildman–Crippen MR) is 90.9 cm³/mol. The van der Waals surface area contributed by atoms with Crippen LogP contribution in [0.4, 0.5) is 13.2 Å². The molecule has 0 aliphatic heterocycles. The van der Waals surface area contributed by atoms with Crippen LogP contribution in [-0.2, 0) is 16.4 Å². The molecule has 0 radical (unpaired) electrons. The smallest absolute Gasteiger partial charge is 0.477 e. The molecule has 0 spiro atoms. The normalized spacial score (nSPS) is 11.9. The van der Waals surface area contributed by atoms with Gasteiger partial charge in [0.05, 0.1) is 11.5 Å². The van der Waals surface area contributed by atoms with Crippen molar-refractivity contribution in [2.45, 2.75) is 30.3 Å². The molecule has 146 valence electrons. The van der Waals surface area contributed by atoms with Crippen LogP contribution in [0.25, 0.3) is 0 Å². The van der Waals surface area contributed by atoms with Crippen molar-refractivity contribution in [1.29, 1.82) is 0 Å². The lowest BCUT2D eigenvalue weighted by Gasteiger charge is -2.11. The lowest BCUT2D eigenvalue weighted by Crippen LogP contribution is -2.25. The minimum atomic E-state index is -5.45. The van der Waals surface area contributed by atoms with E-state index in [1.165, 1.54) is 0 Å². The number of aromatic nitrogens is 1. The molecule has 0 aliphatic carbocycles. The summed E-state index contributed by atoms with van der Waals surface area (Å²) in [7, 11) is -5.45. The molecule has 1 amide bonds. The predicted octanol–water partition coefficient (Wildman–Crippen LogP) is 3.09. The van der Waals surface area contributed by atoms with Gasteiger partial charge in [-0.1, -0.05) is 13.0 Å². The quantitative estimate of drug-likeness (QED) is 0.769. The van der Waals surface area contributed by atoms with Crippen molar-refractivity contribution in [2.75, 3.05) is 6.61 Å². The fraction of sp³-hybridized carbons (Fsp3) is 0.294. The van der Waals surface area contributed by atoms with Crippen molar-refractivity contribution < 1.29 is 31.1 Å². The third-order valence-corrected chi connectivity index (χ3v) is 4.97. The highest BCUT2D eigenvalue weighted by atomic mass is 32.2. The Morgan fingerprint density at radius 2 is 1.85 bits per heavy atom. The number of benzene rings is 1. The molecule has 0 aliphatic rings. The summed E-state index contributed by atoms with van der Waals surface area (Å²) in [6.45, 7) is 2.49. The van der Waals surface area contributed by atoms with Gasteiger partial charge in [0.15, 0.2) is 0 Å². The minimum Gasteiger partial charge on any atom is -0.477 e. The van der Waals surface area contributed by atoms with Gasteiger partial charge in [-0.15, -0.1) is 0 Å². The SMILES string of the molecule is CCCOc1ncccc1CNC(=O)c1ccc(S(=O)(=O)C(F)(F)F)cc1. The largest absolute Gasteiger partial charge is 0.501 e. The lowest BCUT2D eigenvalue weighted by atomic mass is 10.2. The summed E-state index contributed by atoms with van der Waals surface area (Å²) in [4.78, 5) is 15.3. The van der Waals surface area contributed by atoms with Gasteiger partial charge < -0.3 is 10.1 Å². The zero-order valence-corrected chi connectivity index (χ0v) is 15.1. The van der Waals surface area contributed by atoms with Crippen molar-refractivity contribution in [2.24, 2.45) is 0 Å². The molecule has 2 rings (SSSR count). The van der Waals surface area contributed by atoms with E-state index >= 15 is 0 Å². The molecular weight excluding hydrogens is 385 g/mol. The second kappa shape index (κ2) is 8.38. The van der Waals surface area contributed by atoms with E-state index in [0.717, 1.165) is 30.7 Å². The van der Waals surface area contributed by atoms with Gasteiger partial charge in [-0.3, -0.25) is 4.79 Å². The highest BCUT2D eigenvalue weighted by molar-refractivity contribution is 7.92. The van der Waals surface area contributed by atoms with Crippen LogP contribution in [0.3, 0.4) is 0 Å². The van der Waals surface area contributed by atoms with Gasteiger partial charge in [0, 0.05) is 23.9 Å². The van der Waals surface area contributed by atoms with Gasteiger partial charge in [-0.25, -0.2) is 13.4 Å². The highest BCUT2D eigenvalue weighted by Gasteiger charge is 2.46. The minimum absolute atomic E-state index is 0.0241. The van der Waals surface area contributed by atoms with Gasteiger partial charge >= 0.3 is 5.51 Å². The fourth-order valence-electron chi connectivity index (χ4n) is 2.08. The third kappa shape index (κ3) is 4.97. The van der Waals surface area contributed by atoms with Crippen LogP contribution >= 0.6 is 0 Å². The first-order chi connectivity index (χ1) is 12.7. The first-order valence-corrected chi connectivity index (χ1v) is 9.41. The molecule has 1 aromatic heterocycles. The maximum Gasteiger partial charge on any atom is 0.501 e. The Morgan fingerprint density at radius 1 is 1.19 bits per heavy atom. The van der Waals surface area contributed by atoms with E-state index in [-0.39, 0.29) is 12.1 Å². The number of halogens is 3. The molecule has 0 saturated heterocycles. The number of nitrogens with one attached hydrogen (secondary N) is 1. The summed E-state index contributed by atoms with van der Waals surface area (Å²) in [5, 5.41) is 2.59. The van der Waals surface area contributed by atoms with Gasteiger partial charge in [-0.05, 0) is 36.8 Å². The molecule has 6 nitrogen and oxygen atoms in total. The number of rotatable bonds is 7. The summed E-state index contributed by atoms with van der Waals surface area (Å²) in [6, 6.07) is 6.93. The Morgan fingerprint density at radius 3 is 2.44 bits per heavy atom. The van der Waals surface area contributed by atoms with Crippen LogP contribution in [0.1, 0.15) is 29.3 Å². The highest BCUT2D eigenvalue weighted by Crippen LogP contribution is 2.30. The number of carbonyl (C=O) groups is 1. The average molecular weight is 402 g/mol. The van der Waals surface area contributed by atoms with Crippen LogP contribution < -0.4 is 10.1 Å². The van der Waals surface area contributed by atoms with E-state index in [1.54, 1.807) is 18.3 Å². The summed E-state index contributed by atoms with van der Waals surface area (Å²) in [5.74, 6) is -0.192. The Kier molecular flexibility index (Phi) is 6.42. The summed E-state index contributed by atoms with van der Waals surface area (Å²) >= 11 is 0. The molecule has 0 unspecified atom stereocenters. The van der Waals surface area contributed by atoms with Crippen molar-refractivity contribution >= 4 is 15.7 Å². The van der Waals surface area contributed by atoms with Gasteiger partial charge in [0.1, 0.15) is 0 Å². The first-order valence-electron chi connectivity index (χ1n) is 7.93. The molecule has 10 heteroatoms. The van der Waals surface area contributed by atoms with Crippen LogP contribution in [0.2, 0.25) is 0 Å². The zero-order valence-electron chi connectivity index (χ0n) is 14.3. The van der Waals surface area contributed by atoms with E-state index in [2.05, 4.69) is 10.3 Å². The first kappa shape index (κ1) is 20.7. The molecule has 0 fully saturated rings. The molecule has 27 heavy (non-hydrogen) atoms. The number of hydrogen-bond acceptors (Lipinski definition) is 5. The van der Waals surface area contributed by atoms with E-state index in [1.807, 2.05) is 6.92 Å². The Balaban J connectivity index is 2.08. The third-order valence-electron chi connectivity index (χ3n) is 3.46. The van der Waals surface area contributed by atoms with Crippen LogP contribution in [0.15, 0.2) is 47.5 Å². The number of carbonyl (C=O) groups excluding carboxylic acids is 1. The van der Waals surface area contributed by atoms with E-state index < -0.39 is 26.1 Å². The van der Waals surface area contributed by atoms with E-state index in [0.29, 0.717) is 18.1 Å². The average Bonchev–Trinajstić information content (AvgIpc) is 2.64. The molecule has 0 saturated carbocycles. The van der Waals surface area contributed by atoms with Gasteiger partial charge in [0.25, 0.3) is 15.7 Å². The summed E-state index contributed by atoms with van der Waals surface area (Å²) in [6.07, 6.45) is 2.34. The van der Waals surface area contributed by atoms with Gasteiger partial charge in [0.2, 0.25) is 5.88 Å². The number of nitrogens with zero attached hydrogens (tertiary/aromatic N) is 1. The van der Waals surface area contributed by atoms with Gasteiger partial charge in [-0.2, -0.15) is 13.2 Å². The number of pyridine rings is 1. The van der Waals surface area contributed by atoms with Crippen LogP contribution in [0.5, 0.6) is 5.88 Å². The second-order valence-electron chi connectivity index (χ2n) is 5.47. The van der Waals surface area contributed by atoms with Crippen LogP contribution in [-0.4, -0.2) is 31.4 Å². The second-order valence-corrected chi connectivity index (χ2v) is 7.41. The number of amides is 1. The molecular formula is C17H17F3N2O4S. The molecule has 1 aromatic carbocycles. The Hall–Kier alpha value is -2.62. The number of alkyl halides is 3. The van der Waals surface area contributed by atoms with E-state index in [9.17, 15) is 26.4 Å². The zero-order chi connectivity index (χ0) is 20.1. The monoisotopic (exact) mass is 402 g/mol. The number of sulfone groups is 1. The van der Waals surface area contributed by atoms with Crippen molar-refractivity contribution in [3.05, 3.63) is 53.7 Å². The Bertz CT molecular complexity index is 897. The molecule has 2 aromatic rings. The summed E-state index contributed by atoms with van der Waals surface area (Å²) < 4.78 is 65.7. The van der Waals surface area contributed by atoms with Crippen LogP contribution in [0, 0.1) is 0 Å². The Labute approximate surface area is 154 Å². The van der Waals surface area contributed by atoms with Crippen molar-refractivity contribution in [3.63, 3.8) is 0 Å². The topological polar surface area (TPSA) is 85.4 Å².